The Balaban J connectivity index is 1.99. The fraction of sp³-hybridized carbons (Fsp3) is 0.846. The van der Waals surface area contributed by atoms with E-state index in [4.69, 9.17) is 0 Å². The normalized spacial score (nSPS) is 32.5. The molecule has 18 heavy (non-hydrogen) atoms. The number of carboxylic acids is 1. The zero-order valence-corrected chi connectivity index (χ0v) is 10.9. The summed E-state index contributed by atoms with van der Waals surface area (Å²) in [7, 11) is 0. The topological polar surface area (TPSA) is 69.6 Å². The average Bonchev–Trinajstić information content (AvgIpc) is 2.84. The highest BCUT2D eigenvalue weighted by Crippen LogP contribution is 2.34. The van der Waals surface area contributed by atoms with Gasteiger partial charge in [-0.1, -0.05) is 13.3 Å². The van der Waals surface area contributed by atoms with Crippen LogP contribution in [0.15, 0.2) is 0 Å². The van der Waals surface area contributed by atoms with Crippen LogP contribution in [0.1, 0.15) is 39.0 Å². The molecule has 0 saturated carbocycles. The van der Waals surface area contributed by atoms with Crippen molar-refractivity contribution in [1.82, 2.24) is 10.2 Å². The fourth-order valence-electron chi connectivity index (χ4n) is 2.96. The minimum atomic E-state index is -0.767. The SMILES string of the molecule is CCC1(C(=O)O)CCN(C(=O)[C@H]2CCCCN2)C1. The number of hydrogen-bond donors (Lipinski definition) is 2. The van der Waals surface area contributed by atoms with Crippen LogP contribution in [0.4, 0.5) is 0 Å². The number of nitrogens with zero attached hydrogens (tertiary/aromatic N) is 1. The van der Waals surface area contributed by atoms with E-state index in [1.54, 1.807) is 4.90 Å². The number of rotatable bonds is 3. The number of hydrogen-bond acceptors (Lipinski definition) is 3. The summed E-state index contributed by atoms with van der Waals surface area (Å²) < 4.78 is 0. The molecule has 2 heterocycles. The number of piperidine rings is 1. The van der Waals surface area contributed by atoms with E-state index in [9.17, 15) is 14.7 Å². The molecule has 2 N–H and O–H groups in total. The van der Waals surface area contributed by atoms with Gasteiger partial charge in [0.25, 0.3) is 0 Å². The van der Waals surface area contributed by atoms with Crippen LogP contribution in [-0.4, -0.2) is 47.6 Å². The van der Waals surface area contributed by atoms with Gasteiger partial charge >= 0.3 is 5.97 Å². The summed E-state index contributed by atoms with van der Waals surface area (Å²) >= 11 is 0. The average molecular weight is 254 g/mol. The van der Waals surface area contributed by atoms with Gasteiger partial charge in [-0.3, -0.25) is 9.59 Å². The Morgan fingerprint density at radius 1 is 1.44 bits per heavy atom. The van der Waals surface area contributed by atoms with Crippen molar-refractivity contribution in [3.8, 4) is 0 Å². The van der Waals surface area contributed by atoms with Gasteiger partial charge in [0.2, 0.25) is 5.91 Å². The van der Waals surface area contributed by atoms with E-state index < -0.39 is 11.4 Å². The van der Waals surface area contributed by atoms with Gasteiger partial charge in [-0.15, -0.1) is 0 Å². The number of amides is 1. The summed E-state index contributed by atoms with van der Waals surface area (Å²) in [6.07, 6.45) is 4.25. The van der Waals surface area contributed by atoms with Crippen molar-refractivity contribution in [2.24, 2.45) is 5.41 Å². The molecular weight excluding hydrogens is 232 g/mol. The van der Waals surface area contributed by atoms with Crippen LogP contribution in [0, 0.1) is 5.41 Å². The Hall–Kier alpha value is -1.10. The third-order valence-corrected chi connectivity index (χ3v) is 4.40. The molecule has 1 unspecified atom stereocenters. The summed E-state index contributed by atoms with van der Waals surface area (Å²) in [6, 6.07) is -0.0970. The highest BCUT2D eigenvalue weighted by Gasteiger charge is 2.45. The molecule has 0 aliphatic carbocycles. The molecule has 2 aliphatic heterocycles. The fourth-order valence-corrected chi connectivity index (χ4v) is 2.96. The maximum Gasteiger partial charge on any atom is 0.311 e. The van der Waals surface area contributed by atoms with Crippen molar-refractivity contribution in [2.45, 2.75) is 45.1 Å². The molecule has 2 saturated heterocycles. The highest BCUT2D eigenvalue weighted by atomic mass is 16.4. The van der Waals surface area contributed by atoms with Crippen LogP contribution in [0.3, 0.4) is 0 Å². The second-order valence-electron chi connectivity index (χ2n) is 5.45. The van der Waals surface area contributed by atoms with Crippen molar-refractivity contribution in [2.75, 3.05) is 19.6 Å². The van der Waals surface area contributed by atoms with Crippen LogP contribution in [0.25, 0.3) is 0 Å². The Morgan fingerprint density at radius 2 is 2.22 bits per heavy atom. The van der Waals surface area contributed by atoms with E-state index in [1.165, 1.54) is 0 Å². The maximum atomic E-state index is 12.3. The van der Waals surface area contributed by atoms with Crippen molar-refractivity contribution in [1.29, 1.82) is 0 Å². The Labute approximate surface area is 108 Å². The Bertz CT molecular complexity index is 339. The summed E-state index contributed by atoms with van der Waals surface area (Å²) in [5, 5.41) is 12.6. The summed E-state index contributed by atoms with van der Waals surface area (Å²) in [4.78, 5) is 25.4. The van der Waals surface area contributed by atoms with E-state index in [1.807, 2.05) is 6.92 Å². The maximum absolute atomic E-state index is 12.3. The van der Waals surface area contributed by atoms with Crippen LogP contribution < -0.4 is 5.32 Å². The molecule has 2 aliphatic rings. The van der Waals surface area contributed by atoms with Crippen LogP contribution in [0.2, 0.25) is 0 Å². The molecule has 2 fully saturated rings. The quantitative estimate of drug-likeness (QED) is 0.783. The molecule has 0 aromatic rings. The first kappa shape index (κ1) is 13.3. The monoisotopic (exact) mass is 254 g/mol. The molecule has 5 nitrogen and oxygen atoms in total. The molecule has 0 aromatic carbocycles. The molecule has 0 spiro atoms. The lowest BCUT2D eigenvalue weighted by Crippen LogP contribution is -2.48. The number of carbonyl (C=O) groups is 2. The first-order valence-corrected chi connectivity index (χ1v) is 6.84. The van der Waals surface area contributed by atoms with Gasteiger partial charge in [-0.25, -0.2) is 0 Å². The molecular formula is C13H22N2O3. The van der Waals surface area contributed by atoms with Crippen molar-refractivity contribution < 1.29 is 14.7 Å². The summed E-state index contributed by atoms with van der Waals surface area (Å²) in [5.41, 5.74) is -0.718. The second-order valence-corrected chi connectivity index (χ2v) is 5.45. The highest BCUT2D eigenvalue weighted by molar-refractivity contribution is 5.84. The molecule has 5 heteroatoms. The zero-order chi connectivity index (χ0) is 13.2. The minimum Gasteiger partial charge on any atom is -0.481 e. The molecule has 102 valence electrons. The van der Waals surface area contributed by atoms with Gasteiger partial charge < -0.3 is 15.3 Å². The first-order chi connectivity index (χ1) is 8.59. The lowest BCUT2D eigenvalue weighted by atomic mass is 9.84. The van der Waals surface area contributed by atoms with E-state index in [-0.39, 0.29) is 11.9 Å². The van der Waals surface area contributed by atoms with E-state index in [0.29, 0.717) is 25.9 Å². The molecule has 2 rings (SSSR count). The molecule has 1 amide bonds. The van der Waals surface area contributed by atoms with Crippen LogP contribution in [0.5, 0.6) is 0 Å². The van der Waals surface area contributed by atoms with Gasteiger partial charge in [-0.05, 0) is 32.2 Å². The van der Waals surface area contributed by atoms with Gasteiger partial charge in [-0.2, -0.15) is 0 Å². The number of likely N-dealkylation sites (tertiary alicyclic amines) is 1. The lowest BCUT2D eigenvalue weighted by Gasteiger charge is -2.28. The van der Waals surface area contributed by atoms with Crippen LogP contribution in [-0.2, 0) is 9.59 Å². The van der Waals surface area contributed by atoms with E-state index >= 15 is 0 Å². The van der Waals surface area contributed by atoms with E-state index in [0.717, 1.165) is 25.8 Å². The number of carboxylic acid groups (broad SMARTS) is 1. The predicted octanol–water partition coefficient (Wildman–Crippen LogP) is 0.842. The van der Waals surface area contributed by atoms with Crippen molar-refractivity contribution in [3.63, 3.8) is 0 Å². The predicted molar refractivity (Wildman–Crippen MR) is 67.2 cm³/mol. The zero-order valence-electron chi connectivity index (χ0n) is 10.9. The van der Waals surface area contributed by atoms with Gasteiger partial charge in [0.15, 0.2) is 0 Å². The molecule has 2 atom stereocenters. The van der Waals surface area contributed by atoms with Gasteiger partial charge in [0, 0.05) is 13.1 Å². The van der Waals surface area contributed by atoms with Gasteiger partial charge in [0.05, 0.1) is 11.5 Å². The largest absolute Gasteiger partial charge is 0.481 e. The van der Waals surface area contributed by atoms with E-state index in [2.05, 4.69) is 5.32 Å². The minimum absolute atomic E-state index is 0.0891. The number of aliphatic carboxylic acids is 1. The Morgan fingerprint density at radius 3 is 2.72 bits per heavy atom. The van der Waals surface area contributed by atoms with Crippen molar-refractivity contribution in [3.05, 3.63) is 0 Å². The first-order valence-electron chi connectivity index (χ1n) is 6.84. The lowest BCUT2D eigenvalue weighted by molar-refractivity contribution is -0.148. The molecule has 0 radical (unpaired) electrons. The van der Waals surface area contributed by atoms with Crippen molar-refractivity contribution >= 4 is 11.9 Å². The van der Waals surface area contributed by atoms with Crippen LogP contribution >= 0.6 is 0 Å². The molecule has 0 aromatic heterocycles. The smallest absolute Gasteiger partial charge is 0.311 e. The third kappa shape index (κ3) is 2.36. The summed E-state index contributed by atoms with van der Waals surface area (Å²) in [5.74, 6) is -0.678. The number of carbonyl (C=O) groups excluding carboxylic acids is 1. The standard InChI is InChI=1S/C13H22N2O3/c1-2-13(12(17)18)6-8-15(9-13)11(16)10-5-3-4-7-14-10/h10,14H,2-9H2,1H3,(H,17,18)/t10-,13?/m1/s1. The summed E-state index contributed by atoms with van der Waals surface area (Å²) in [6.45, 7) is 3.73. The molecule has 0 bridgehead atoms. The van der Waals surface area contributed by atoms with Gasteiger partial charge in [0.1, 0.15) is 0 Å². The number of nitrogens with one attached hydrogen (secondary N) is 1. The second kappa shape index (κ2) is 5.26. The third-order valence-electron chi connectivity index (χ3n) is 4.40. The Kier molecular flexibility index (Phi) is 3.90.